The molecule has 1 fully saturated rings. The van der Waals surface area contributed by atoms with Gasteiger partial charge < -0.3 is 10.1 Å². The van der Waals surface area contributed by atoms with Crippen molar-refractivity contribution >= 4 is 11.9 Å². The van der Waals surface area contributed by atoms with Crippen LogP contribution in [-0.2, 0) is 27.4 Å². The van der Waals surface area contributed by atoms with Crippen LogP contribution in [0, 0.1) is 12.8 Å². The summed E-state index contributed by atoms with van der Waals surface area (Å²) in [5.74, 6) is -0.735. The number of carbonyl (C=O) groups is 2. The van der Waals surface area contributed by atoms with Gasteiger partial charge >= 0.3 is 5.97 Å². The fourth-order valence-corrected chi connectivity index (χ4v) is 2.37. The smallest absolute Gasteiger partial charge is 0.329 e. The Bertz CT molecular complexity index is 695. The third kappa shape index (κ3) is 5.45. The van der Waals surface area contributed by atoms with Gasteiger partial charge in [0.15, 0.2) is 0 Å². The van der Waals surface area contributed by atoms with Gasteiger partial charge in [0.05, 0.1) is 5.92 Å². The van der Waals surface area contributed by atoms with Crippen molar-refractivity contribution in [1.82, 2.24) is 5.32 Å². The van der Waals surface area contributed by atoms with Crippen LogP contribution >= 0.6 is 0 Å². The zero-order valence-corrected chi connectivity index (χ0v) is 15.0. The Morgan fingerprint density at radius 1 is 1.04 bits per heavy atom. The first-order valence-corrected chi connectivity index (χ1v) is 8.57. The van der Waals surface area contributed by atoms with E-state index in [-0.39, 0.29) is 24.4 Å². The molecule has 25 heavy (non-hydrogen) atoms. The normalized spacial score (nSPS) is 18.3. The Hall–Kier alpha value is -2.62. The molecule has 2 aromatic carbocycles. The molecule has 1 heterocycles. The van der Waals surface area contributed by atoms with Gasteiger partial charge in [0.2, 0.25) is 5.91 Å². The lowest BCUT2D eigenvalue weighted by molar-refractivity contribution is -0.158. The number of β-lactam (4-membered cyclic amide) rings is 1. The SMILES string of the molecule is CC1C(=O)NC1C(=O)OCc1ccccc1.CCc1ccc(C)cc1. The lowest BCUT2D eigenvalue weighted by Gasteiger charge is -2.31. The van der Waals surface area contributed by atoms with Crippen LogP contribution < -0.4 is 5.32 Å². The highest BCUT2D eigenvalue weighted by molar-refractivity contribution is 5.96. The molecule has 4 nitrogen and oxygen atoms in total. The van der Waals surface area contributed by atoms with E-state index in [9.17, 15) is 9.59 Å². The topological polar surface area (TPSA) is 55.4 Å². The average Bonchev–Trinajstić information content (AvgIpc) is 2.66. The quantitative estimate of drug-likeness (QED) is 0.686. The molecule has 2 unspecified atom stereocenters. The molecule has 0 radical (unpaired) electrons. The van der Waals surface area contributed by atoms with Crippen molar-refractivity contribution in [1.29, 1.82) is 0 Å². The Balaban J connectivity index is 0.000000212. The molecule has 132 valence electrons. The van der Waals surface area contributed by atoms with Crippen LogP contribution in [0.1, 0.15) is 30.5 Å². The van der Waals surface area contributed by atoms with E-state index in [1.807, 2.05) is 30.3 Å². The van der Waals surface area contributed by atoms with Crippen molar-refractivity contribution in [3.63, 3.8) is 0 Å². The Kier molecular flexibility index (Phi) is 6.75. The van der Waals surface area contributed by atoms with Crippen LogP contribution in [0.2, 0.25) is 0 Å². The summed E-state index contributed by atoms with van der Waals surface area (Å²) in [4.78, 5) is 22.4. The summed E-state index contributed by atoms with van der Waals surface area (Å²) in [5, 5.41) is 2.52. The van der Waals surface area contributed by atoms with Gasteiger partial charge in [0.25, 0.3) is 0 Å². The third-order valence-electron chi connectivity index (χ3n) is 4.22. The van der Waals surface area contributed by atoms with Crippen LogP contribution in [-0.4, -0.2) is 17.9 Å². The van der Waals surface area contributed by atoms with Gasteiger partial charge in [0, 0.05) is 0 Å². The van der Waals surface area contributed by atoms with E-state index in [0.29, 0.717) is 0 Å². The maximum Gasteiger partial charge on any atom is 0.329 e. The lowest BCUT2D eigenvalue weighted by atomic mass is 9.93. The number of amides is 1. The summed E-state index contributed by atoms with van der Waals surface area (Å²) in [5.41, 5.74) is 3.70. The predicted molar refractivity (Wildman–Crippen MR) is 97.9 cm³/mol. The Morgan fingerprint density at radius 3 is 2.20 bits per heavy atom. The zero-order chi connectivity index (χ0) is 18.2. The van der Waals surface area contributed by atoms with Gasteiger partial charge in [-0.1, -0.05) is 74.0 Å². The summed E-state index contributed by atoms with van der Waals surface area (Å²) < 4.78 is 5.10. The standard InChI is InChI=1S/C12H13NO3.C9H12/c1-8-10(13-11(8)14)12(15)16-7-9-5-3-2-4-6-9;1-3-9-6-4-8(2)5-7-9/h2-6,8,10H,7H2,1H3,(H,13,14);4-7H,3H2,1-2H3. The molecule has 2 aromatic rings. The van der Waals surface area contributed by atoms with Gasteiger partial charge in [-0.3, -0.25) is 4.79 Å². The van der Waals surface area contributed by atoms with Crippen molar-refractivity contribution in [3.8, 4) is 0 Å². The molecule has 0 spiro atoms. The second kappa shape index (κ2) is 9.02. The van der Waals surface area contributed by atoms with Gasteiger partial charge in [0.1, 0.15) is 12.6 Å². The number of rotatable bonds is 4. The molecule has 1 amide bonds. The van der Waals surface area contributed by atoms with Gasteiger partial charge in [-0.2, -0.15) is 0 Å². The number of hydrogen-bond acceptors (Lipinski definition) is 3. The largest absolute Gasteiger partial charge is 0.459 e. The number of hydrogen-bond donors (Lipinski definition) is 1. The van der Waals surface area contributed by atoms with E-state index in [2.05, 4.69) is 43.4 Å². The van der Waals surface area contributed by atoms with Crippen LogP contribution in [0.3, 0.4) is 0 Å². The lowest BCUT2D eigenvalue weighted by Crippen LogP contribution is -2.61. The molecule has 1 aliphatic heterocycles. The molecule has 0 aliphatic carbocycles. The number of carbonyl (C=O) groups excluding carboxylic acids is 2. The van der Waals surface area contributed by atoms with Gasteiger partial charge in [-0.25, -0.2) is 4.79 Å². The second-order valence-corrected chi connectivity index (χ2v) is 6.21. The molecule has 1 saturated heterocycles. The maximum absolute atomic E-state index is 11.5. The van der Waals surface area contributed by atoms with E-state index >= 15 is 0 Å². The average molecular weight is 339 g/mol. The van der Waals surface area contributed by atoms with Crippen molar-refractivity contribution < 1.29 is 14.3 Å². The first-order valence-electron chi connectivity index (χ1n) is 8.57. The molecule has 1 aliphatic rings. The minimum Gasteiger partial charge on any atom is -0.459 e. The van der Waals surface area contributed by atoms with E-state index in [1.165, 1.54) is 11.1 Å². The Morgan fingerprint density at radius 2 is 1.68 bits per heavy atom. The molecule has 4 heteroatoms. The first-order chi connectivity index (χ1) is 12.0. The summed E-state index contributed by atoms with van der Waals surface area (Å²) in [6.45, 7) is 6.25. The van der Waals surface area contributed by atoms with Crippen molar-refractivity contribution in [3.05, 3.63) is 71.3 Å². The number of nitrogens with one attached hydrogen (secondary N) is 1. The fraction of sp³-hybridized carbons (Fsp3) is 0.333. The fourth-order valence-electron chi connectivity index (χ4n) is 2.37. The van der Waals surface area contributed by atoms with Crippen LogP contribution in [0.5, 0.6) is 0 Å². The Labute approximate surface area is 149 Å². The summed E-state index contributed by atoms with van der Waals surface area (Å²) in [7, 11) is 0. The molecule has 3 rings (SSSR count). The van der Waals surface area contributed by atoms with Crippen LogP contribution in [0.15, 0.2) is 54.6 Å². The molecular weight excluding hydrogens is 314 g/mol. The minimum atomic E-state index is -0.476. The zero-order valence-electron chi connectivity index (χ0n) is 15.0. The number of benzene rings is 2. The molecule has 0 bridgehead atoms. The highest BCUT2D eigenvalue weighted by Gasteiger charge is 2.41. The summed E-state index contributed by atoms with van der Waals surface area (Å²) in [6.07, 6.45) is 1.14. The van der Waals surface area contributed by atoms with E-state index in [1.54, 1.807) is 6.92 Å². The molecule has 2 atom stereocenters. The maximum atomic E-state index is 11.5. The van der Waals surface area contributed by atoms with Crippen LogP contribution in [0.4, 0.5) is 0 Å². The van der Waals surface area contributed by atoms with Crippen LogP contribution in [0.25, 0.3) is 0 Å². The van der Waals surface area contributed by atoms with Crippen molar-refractivity contribution in [2.24, 2.45) is 5.92 Å². The van der Waals surface area contributed by atoms with E-state index in [0.717, 1.165) is 12.0 Å². The highest BCUT2D eigenvalue weighted by atomic mass is 16.5. The van der Waals surface area contributed by atoms with Crippen molar-refractivity contribution in [2.45, 2.75) is 39.8 Å². The highest BCUT2D eigenvalue weighted by Crippen LogP contribution is 2.15. The number of aryl methyl sites for hydroxylation is 2. The molecule has 1 N–H and O–H groups in total. The van der Waals surface area contributed by atoms with E-state index < -0.39 is 6.04 Å². The number of ether oxygens (including phenoxy) is 1. The van der Waals surface area contributed by atoms with Crippen molar-refractivity contribution in [2.75, 3.05) is 0 Å². The van der Waals surface area contributed by atoms with Gasteiger partial charge in [-0.05, 0) is 24.5 Å². The monoisotopic (exact) mass is 339 g/mol. The number of esters is 1. The molecule has 0 saturated carbocycles. The minimum absolute atomic E-state index is 0.0957. The van der Waals surface area contributed by atoms with Gasteiger partial charge in [-0.15, -0.1) is 0 Å². The third-order valence-corrected chi connectivity index (χ3v) is 4.22. The summed E-state index contributed by atoms with van der Waals surface area (Å²) >= 11 is 0. The summed E-state index contributed by atoms with van der Waals surface area (Å²) in [6, 6.07) is 17.6. The first kappa shape index (κ1) is 18.7. The molecule has 0 aromatic heterocycles. The predicted octanol–water partition coefficient (Wildman–Crippen LogP) is 3.42. The second-order valence-electron chi connectivity index (χ2n) is 6.21. The van der Waals surface area contributed by atoms with E-state index in [4.69, 9.17) is 4.74 Å². The molecular formula is C21H25NO3.